The van der Waals surface area contributed by atoms with Crippen LogP contribution in [-0.2, 0) is 4.79 Å². The fraction of sp³-hybridized carbons (Fsp3) is 0.800. The molecule has 112 valence electrons. The largest absolute Gasteiger partial charge is 0.386 e. The van der Waals surface area contributed by atoms with E-state index in [1.807, 2.05) is 30.8 Å². The monoisotopic (exact) mass is 312 g/mol. The standard InChI is InChI=1S/C15H25BO2S2/c1-4-15(2,18)7-6-11-12(16)10-13(17)14(11)20-9-5-8-19-3/h6-7,11-12,14,18H,4-5,8-10H2,1-3H3/t11-,12?,14+,15?/m0/s1. The van der Waals surface area contributed by atoms with Gasteiger partial charge in [-0.1, -0.05) is 24.9 Å². The van der Waals surface area contributed by atoms with E-state index < -0.39 is 5.60 Å². The lowest BCUT2D eigenvalue weighted by molar-refractivity contribution is -0.117. The number of carbonyl (C=O) groups excluding carboxylic acids is 1. The molecular formula is C15H25BO2S2. The lowest BCUT2D eigenvalue weighted by Gasteiger charge is -2.21. The molecule has 0 saturated heterocycles. The molecule has 1 aliphatic rings. The lowest BCUT2D eigenvalue weighted by atomic mass is 9.78. The third-order valence-corrected chi connectivity index (χ3v) is 5.94. The third-order valence-electron chi connectivity index (χ3n) is 3.78. The first-order chi connectivity index (χ1) is 9.41. The highest BCUT2D eigenvalue weighted by atomic mass is 32.2. The second-order valence-electron chi connectivity index (χ2n) is 5.62. The highest BCUT2D eigenvalue weighted by Crippen LogP contribution is 2.40. The molecule has 2 radical (unpaired) electrons. The Morgan fingerprint density at radius 3 is 2.80 bits per heavy atom. The van der Waals surface area contributed by atoms with Crippen LogP contribution in [0.5, 0.6) is 0 Å². The van der Waals surface area contributed by atoms with E-state index in [4.69, 9.17) is 7.85 Å². The van der Waals surface area contributed by atoms with Crippen LogP contribution in [0.25, 0.3) is 0 Å². The minimum atomic E-state index is -0.806. The summed E-state index contributed by atoms with van der Waals surface area (Å²) >= 11 is 3.56. The number of hydrogen-bond donors (Lipinski definition) is 1. The van der Waals surface area contributed by atoms with E-state index in [0.29, 0.717) is 12.8 Å². The molecule has 0 aliphatic heterocycles. The highest BCUT2D eigenvalue weighted by molar-refractivity contribution is 8.00. The van der Waals surface area contributed by atoms with E-state index in [0.717, 1.165) is 17.9 Å². The van der Waals surface area contributed by atoms with Gasteiger partial charge in [0, 0.05) is 6.42 Å². The van der Waals surface area contributed by atoms with Crippen LogP contribution in [0.1, 0.15) is 33.1 Å². The Hall–Kier alpha value is 0.135. The number of aliphatic hydroxyl groups is 1. The average Bonchev–Trinajstić information content (AvgIpc) is 2.67. The Morgan fingerprint density at radius 2 is 2.20 bits per heavy atom. The summed E-state index contributed by atoms with van der Waals surface area (Å²) in [5.74, 6) is 2.34. The van der Waals surface area contributed by atoms with Gasteiger partial charge in [0.2, 0.25) is 0 Å². The highest BCUT2D eigenvalue weighted by Gasteiger charge is 2.38. The van der Waals surface area contributed by atoms with E-state index in [1.54, 1.807) is 18.7 Å². The Kier molecular flexibility index (Phi) is 7.77. The van der Waals surface area contributed by atoms with Gasteiger partial charge in [0.1, 0.15) is 5.78 Å². The molecule has 0 aromatic heterocycles. The molecular weight excluding hydrogens is 287 g/mol. The zero-order chi connectivity index (χ0) is 15.2. The maximum absolute atomic E-state index is 12.1. The maximum atomic E-state index is 12.1. The number of ketones is 1. The van der Waals surface area contributed by atoms with Gasteiger partial charge in [-0.3, -0.25) is 4.79 Å². The molecule has 0 bridgehead atoms. The second-order valence-corrected chi connectivity index (χ2v) is 7.85. The summed E-state index contributed by atoms with van der Waals surface area (Å²) in [6.45, 7) is 3.73. The molecule has 1 fully saturated rings. The van der Waals surface area contributed by atoms with Crippen LogP contribution in [0.3, 0.4) is 0 Å². The first-order valence-electron chi connectivity index (χ1n) is 7.22. The first kappa shape index (κ1) is 18.2. The van der Waals surface area contributed by atoms with Crippen LogP contribution in [0.15, 0.2) is 12.2 Å². The summed E-state index contributed by atoms with van der Waals surface area (Å²) in [6, 6.07) is 0. The van der Waals surface area contributed by atoms with Crippen LogP contribution < -0.4 is 0 Å². The van der Waals surface area contributed by atoms with E-state index in [2.05, 4.69) is 6.26 Å². The predicted octanol–water partition coefficient (Wildman–Crippen LogP) is 3.10. The third kappa shape index (κ3) is 5.49. The SMILES string of the molecule is [B]C1CC(=O)[C@H](SCCCSC)[C@H]1C=CC(C)(O)CC. The first-order valence-corrected chi connectivity index (χ1v) is 9.66. The number of rotatable bonds is 8. The molecule has 1 aliphatic carbocycles. The summed E-state index contributed by atoms with van der Waals surface area (Å²) in [5.41, 5.74) is -0.806. The Labute approximate surface area is 133 Å². The average molecular weight is 312 g/mol. The quantitative estimate of drug-likeness (QED) is 0.424. The fourth-order valence-corrected chi connectivity index (χ4v) is 4.20. The molecule has 1 rings (SSSR count). The van der Waals surface area contributed by atoms with Crippen molar-refractivity contribution in [3.8, 4) is 0 Å². The zero-order valence-corrected chi connectivity index (χ0v) is 14.3. The summed E-state index contributed by atoms with van der Waals surface area (Å²) < 4.78 is 0. The van der Waals surface area contributed by atoms with Crippen molar-refractivity contribution < 1.29 is 9.90 Å². The van der Waals surface area contributed by atoms with Crippen LogP contribution in [0.4, 0.5) is 0 Å². The normalized spacial score (nSPS) is 30.0. The number of allylic oxidation sites excluding steroid dienone is 1. The Bertz CT molecular complexity index is 345. The number of carbonyl (C=O) groups is 1. The zero-order valence-electron chi connectivity index (χ0n) is 12.7. The minimum Gasteiger partial charge on any atom is -0.386 e. The van der Waals surface area contributed by atoms with E-state index >= 15 is 0 Å². The summed E-state index contributed by atoms with van der Waals surface area (Å²) in [5, 5.41) is 10.0. The number of Topliss-reactive ketones (excluding diaryl/α,β-unsaturated/α-hetero) is 1. The molecule has 2 unspecified atom stereocenters. The van der Waals surface area contributed by atoms with Gasteiger partial charge in [-0.05, 0) is 43.4 Å². The van der Waals surface area contributed by atoms with Crippen molar-refractivity contribution in [1.29, 1.82) is 0 Å². The molecule has 5 heteroatoms. The smallest absolute Gasteiger partial charge is 0.145 e. The minimum absolute atomic E-state index is 0.0317. The molecule has 0 spiro atoms. The van der Waals surface area contributed by atoms with Gasteiger partial charge in [0.05, 0.1) is 18.7 Å². The molecule has 1 N–H and O–H groups in total. The molecule has 2 nitrogen and oxygen atoms in total. The van der Waals surface area contributed by atoms with Crippen molar-refractivity contribution in [3.05, 3.63) is 12.2 Å². The molecule has 4 atom stereocenters. The van der Waals surface area contributed by atoms with E-state index in [9.17, 15) is 9.90 Å². The molecule has 0 aromatic rings. The fourth-order valence-electron chi connectivity index (χ4n) is 2.22. The number of hydrogen-bond acceptors (Lipinski definition) is 4. The van der Waals surface area contributed by atoms with Crippen molar-refractivity contribution in [1.82, 2.24) is 0 Å². The predicted molar refractivity (Wildman–Crippen MR) is 91.9 cm³/mol. The van der Waals surface area contributed by atoms with Crippen LogP contribution >= 0.6 is 23.5 Å². The maximum Gasteiger partial charge on any atom is 0.145 e. The second kappa shape index (κ2) is 8.55. The Morgan fingerprint density at radius 1 is 1.50 bits per heavy atom. The van der Waals surface area contributed by atoms with Gasteiger partial charge in [-0.25, -0.2) is 0 Å². The van der Waals surface area contributed by atoms with Crippen LogP contribution in [0, 0.1) is 5.92 Å². The molecule has 1 saturated carbocycles. The summed E-state index contributed by atoms with van der Waals surface area (Å²) in [6.07, 6.45) is 8.11. The number of thioether (sulfide) groups is 2. The van der Waals surface area contributed by atoms with Gasteiger partial charge in [-0.15, -0.1) is 0 Å². The van der Waals surface area contributed by atoms with Crippen molar-refractivity contribution in [2.45, 2.75) is 49.8 Å². The van der Waals surface area contributed by atoms with Crippen LogP contribution in [0.2, 0.25) is 5.82 Å². The van der Waals surface area contributed by atoms with Gasteiger partial charge in [0.15, 0.2) is 0 Å². The topological polar surface area (TPSA) is 37.3 Å². The van der Waals surface area contributed by atoms with E-state index in [-0.39, 0.29) is 22.8 Å². The van der Waals surface area contributed by atoms with Gasteiger partial charge in [-0.2, -0.15) is 23.5 Å². The van der Waals surface area contributed by atoms with Gasteiger partial charge in [0.25, 0.3) is 0 Å². The lowest BCUT2D eigenvalue weighted by Crippen LogP contribution is -2.22. The van der Waals surface area contributed by atoms with Crippen molar-refractivity contribution >= 4 is 37.2 Å². The summed E-state index contributed by atoms with van der Waals surface area (Å²) in [7, 11) is 6.09. The van der Waals surface area contributed by atoms with Gasteiger partial charge >= 0.3 is 0 Å². The molecule has 0 amide bonds. The van der Waals surface area contributed by atoms with Gasteiger partial charge < -0.3 is 5.11 Å². The van der Waals surface area contributed by atoms with Crippen LogP contribution in [-0.4, -0.2) is 47.3 Å². The summed E-state index contributed by atoms with van der Waals surface area (Å²) in [4.78, 5) is 12.1. The molecule has 0 aromatic carbocycles. The van der Waals surface area contributed by atoms with Crippen molar-refractivity contribution in [2.24, 2.45) is 5.92 Å². The Balaban J connectivity index is 2.62. The van der Waals surface area contributed by atoms with E-state index in [1.165, 1.54) is 0 Å². The molecule has 20 heavy (non-hydrogen) atoms. The molecule has 0 heterocycles. The van der Waals surface area contributed by atoms with Crippen molar-refractivity contribution in [3.63, 3.8) is 0 Å². The van der Waals surface area contributed by atoms with Crippen molar-refractivity contribution in [2.75, 3.05) is 17.8 Å².